The van der Waals surface area contributed by atoms with E-state index in [1.54, 1.807) is 28.4 Å². The number of alkyl halides is 2. The molecule has 5 N–H and O–H groups in total. The average Bonchev–Trinajstić information content (AvgIpc) is 4.01. The van der Waals surface area contributed by atoms with E-state index in [9.17, 15) is 38.6 Å². The molecule has 0 bridgehead atoms. The number of pyridine rings is 2. The van der Waals surface area contributed by atoms with Crippen LogP contribution in [0.5, 0.6) is 0 Å². The minimum atomic E-state index is -2.81. The molecule has 0 spiro atoms. The number of β-amino-alcohol motifs (C(OH)–C–C–N with tert-alkyl or cyclic N) is 1. The highest BCUT2D eigenvalue weighted by Crippen LogP contribution is 2.41. The maximum Gasteiger partial charge on any atom is 0.266 e. The number of thiazole rings is 1. The molecule has 0 radical (unpaired) electrons. The summed E-state index contributed by atoms with van der Waals surface area (Å²) in [6.07, 6.45) is 1.97. The number of aryl methyl sites for hydroxylation is 1. The summed E-state index contributed by atoms with van der Waals surface area (Å²) in [6, 6.07) is 14.7. The van der Waals surface area contributed by atoms with E-state index in [1.807, 2.05) is 81.4 Å². The molecule has 15 nitrogen and oxygen atoms in total. The van der Waals surface area contributed by atoms with Crippen molar-refractivity contribution in [2.24, 2.45) is 17.3 Å². The highest BCUT2D eigenvalue weighted by atomic mass is 32.1. The number of benzene rings is 1. The van der Waals surface area contributed by atoms with Crippen LogP contribution in [0.25, 0.3) is 10.4 Å². The van der Waals surface area contributed by atoms with Crippen LogP contribution in [0.4, 0.5) is 26.2 Å². The van der Waals surface area contributed by atoms with Gasteiger partial charge in [-0.1, -0.05) is 45.0 Å². The summed E-state index contributed by atoms with van der Waals surface area (Å²) in [7, 11) is 0. The second-order valence-corrected chi connectivity index (χ2v) is 20.7. The van der Waals surface area contributed by atoms with E-state index in [1.165, 1.54) is 11.1 Å². The number of rotatable bonds is 13. The van der Waals surface area contributed by atoms with Gasteiger partial charge < -0.3 is 36.0 Å². The van der Waals surface area contributed by atoms with Crippen molar-refractivity contribution in [1.29, 1.82) is 5.26 Å². The number of carbonyl (C=O) groups is 3. The van der Waals surface area contributed by atoms with Gasteiger partial charge in [-0.2, -0.15) is 5.26 Å². The lowest BCUT2D eigenvalue weighted by atomic mass is 9.72. The molecule has 5 atom stereocenters. The molecule has 8 rings (SSSR count). The number of amides is 3. The van der Waals surface area contributed by atoms with E-state index in [2.05, 4.69) is 37.0 Å². The first-order valence-corrected chi connectivity index (χ1v) is 24.0. The third-order valence-corrected chi connectivity index (χ3v) is 14.8. The Morgan fingerprint density at radius 3 is 2.34 bits per heavy atom. The molecule has 3 amide bonds. The van der Waals surface area contributed by atoms with Gasteiger partial charge in [-0.05, 0) is 91.8 Å². The lowest BCUT2D eigenvalue weighted by Crippen LogP contribution is -2.59. The Morgan fingerprint density at radius 2 is 1.70 bits per heavy atom. The lowest BCUT2D eigenvalue weighted by molar-refractivity contribution is -0.147. The van der Waals surface area contributed by atoms with Gasteiger partial charge in [-0.3, -0.25) is 19.3 Å². The van der Waals surface area contributed by atoms with Crippen LogP contribution in [0.3, 0.4) is 0 Å². The lowest BCUT2D eigenvalue weighted by Gasteiger charge is -2.44. The Morgan fingerprint density at radius 1 is 0.970 bits per heavy atom. The van der Waals surface area contributed by atoms with Crippen LogP contribution in [0.1, 0.15) is 101 Å². The summed E-state index contributed by atoms with van der Waals surface area (Å²) in [6.45, 7) is 10.3. The zero-order valence-corrected chi connectivity index (χ0v) is 39.4. The SMILES string of the molecule is Cc1ncsc1-c1ccc([C@H](C)NC(=O)C2C[C@@H](O)CN2C(=O)[C@H](NC(=O)C2CC(C(O)N3CCC(c4cc(Nc5cc(C#N)ccn5)nc(N5CCC(F)(F)C5)c4)CC3)C2)C(C)(C)C)cc1. The molecule has 67 heavy (non-hydrogen) atoms. The number of aromatic nitrogens is 3. The molecule has 18 heteroatoms. The number of nitriles is 1. The number of nitrogens with one attached hydrogen (secondary N) is 3. The number of likely N-dealkylation sites (tertiary alicyclic amines) is 2. The fraction of sp³-hybridized carbons (Fsp3) is 0.531. The fourth-order valence-corrected chi connectivity index (χ4v) is 10.6. The average molecular weight is 939 g/mol. The minimum Gasteiger partial charge on any atom is -0.391 e. The molecule has 3 aliphatic heterocycles. The predicted octanol–water partition coefficient (Wildman–Crippen LogP) is 6.26. The van der Waals surface area contributed by atoms with E-state index < -0.39 is 54.1 Å². The van der Waals surface area contributed by atoms with Gasteiger partial charge in [0.15, 0.2) is 0 Å². The maximum atomic E-state index is 14.3. The number of nitrogens with zero attached hydrogens (tertiary/aromatic N) is 7. The topological polar surface area (TPSA) is 200 Å². The van der Waals surface area contributed by atoms with E-state index in [-0.39, 0.29) is 55.6 Å². The zero-order chi connectivity index (χ0) is 47.8. The first-order valence-electron chi connectivity index (χ1n) is 23.2. The van der Waals surface area contributed by atoms with E-state index in [4.69, 9.17) is 0 Å². The minimum absolute atomic E-state index is 0.0297. The maximum absolute atomic E-state index is 14.3. The highest BCUT2D eigenvalue weighted by Gasteiger charge is 2.47. The largest absolute Gasteiger partial charge is 0.391 e. The molecule has 3 aromatic heterocycles. The Kier molecular flexibility index (Phi) is 14.0. The summed E-state index contributed by atoms with van der Waals surface area (Å²) in [5.74, 6) is -3.09. The Bertz CT molecular complexity index is 2480. The van der Waals surface area contributed by atoms with Gasteiger partial charge in [0.2, 0.25) is 17.7 Å². The monoisotopic (exact) mass is 938 g/mol. The van der Waals surface area contributed by atoms with E-state index in [0.29, 0.717) is 61.8 Å². The summed E-state index contributed by atoms with van der Waals surface area (Å²) in [5, 5.41) is 40.8. The van der Waals surface area contributed by atoms with E-state index >= 15 is 0 Å². The number of piperidine rings is 1. The van der Waals surface area contributed by atoms with Gasteiger partial charge >= 0.3 is 0 Å². The summed E-state index contributed by atoms with van der Waals surface area (Å²) < 4.78 is 28.6. The summed E-state index contributed by atoms with van der Waals surface area (Å²) in [5.41, 5.74) is 5.33. The molecule has 3 saturated heterocycles. The van der Waals surface area contributed by atoms with E-state index in [0.717, 1.165) is 27.3 Å². The Hall–Kier alpha value is -5.61. The molecule has 1 saturated carbocycles. The first kappa shape index (κ1) is 47.9. The fourth-order valence-electron chi connectivity index (χ4n) is 9.82. The van der Waals surface area contributed by atoms with Crippen molar-refractivity contribution in [2.75, 3.05) is 42.9 Å². The number of hydrogen-bond acceptors (Lipinski definition) is 13. The van der Waals surface area contributed by atoms with Crippen LogP contribution in [0.15, 0.2) is 60.2 Å². The smallest absolute Gasteiger partial charge is 0.266 e. The van der Waals surface area contributed by atoms with Gasteiger partial charge in [0, 0.05) is 57.1 Å². The molecule has 4 aliphatic rings. The second kappa shape index (κ2) is 19.5. The molecule has 4 fully saturated rings. The number of aliphatic hydroxyl groups is 2. The molecular formula is C49H60F2N10O5S. The third-order valence-electron chi connectivity index (χ3n) is 13.9. The van der Waals surface area contributed by atoms with Crippen LogP contribution >= 0.6 is 11.3 Å². The van der Waals surface area contributed by atoms with Crippen molar-refractivity contribution in [3.8, 4) is 16.5 Å². The normalized spacial score (nSPS) is 23.5. The quantitative estimate of drug-likeness (QED) is 0.101. The number of anilines is 3. The van der Waals surface area contributed by atoms with Crippen molar-refractivity contribution in [3.63, 3.8) is 0 Å². The first-order chi connectivity index (χ1) is 31.8. The number of aliphatic hydroxyl groups excluding tert-OH is 2. The summed E-state index contributed by atoms with van der Waals surface area (Å²) in [4.78, 5) is 61.3. The van der Waals surface area contributed by atoms with Crippen LogP contribution < -0.4 is 20.9 Å². The van der Waals surface area contributed by atoms with Crippen LogP contribution in [-0.2, 0) is 14.4 Å². The number of hydrogen-bond donors (Lipinski definition) is 5. The summed E-state index contributed by atoms with van der Waals surface area (Å²) >= 11 is 1.57. The molecule has 4 aromatic rings. The van der Waals surface area contributed by atoms with Crippen molar-refractivity contribution in [2.45, 2.75) is 115 Å². The second-order valence-electron chi connectivity index (χ2n) is 19.8. The van der Waals surface area contributed by atoms with Crippen molar-refractivity contribution >= 4 is 46.5 Å². The van der Waals surface area contributed by atoms with Gasteiger partial charge in [-0.25, -0.2) is 23.7 Å². The molecular weight excluding hydrogens is 879 g/mol. The van der Waals surface area contributed by atoms with Crippen LogP contribution in [-0.4, -0.2) is 116 Å². The van der Waals surface area contributed by atoms with Crippen molar-refractivity contribution in [3.05, 3.63) is 82.6 Å². The van der Waals surface area contributed by atoms with Crippen LogP contribution in [0.2, 0.25) is 0 Å². The molecule has 356 valence electrons. The van der Waals surface area contributed by atoms with Crippen LogP contribution in [0, 0.1) is 35.5 Å². The highest BCUT2D eigenvalue weighted by molar-refractivity contribution is 7.13. The van der Waals surface area contributed by atoms with Crippen molar-refractivity contribution in [1.82, 2.24) is 35.4 Å². The third kappa shape index (κ3) is 10.9. The van der Waals surface area contributed by atoms with Gasteiger partial charge in [0.05, 0.1) is 46.4 Å². The van der Waals surface area contributed by atoms with Crippen molar-refractivity contribution < 1.29 is 33.4 Å². The van der Waals surface area contributed by atoms with Gasteiger partial charge in [0.1, 0.15) is 35.8 Å². The van der Waals surface area contributed by atoms with Gasteiger partial charge in [0.25, 0.3) is 5.92 Å². The Labute approximate surface area is 394 Å². The number of carbonyl (C=O) groups excluding carboxylic acids is 3. The Balaban J connectivity index is 0.851. The molecule has 6 heterocycles. The zero-order valence-electron chi connectivity index (χ0n) is 38.6. The molecule has 1 aromatic carbocycles. The number of halogens is 2. The predicted molar refractivity (Wildman–Crippen MR) is 250 cm³/mol. The molecule has 1 aliphatic carbocycles. The molecule has 2 unspecified atom stereocenters. The standard InChI is InChI=1S/C49H60F2N10O5S/c1-28(31-6-8-33(9-7-31)42-29(2)54-27-67-42)55-45(64)38-23-37(62)25-61(38)47(66)43(48(3,4)5)58-44(63)35-19-36(20-35)46(65)59-15-11-32(12-16-59)34-21-40(56-39-18-30(24-52)10-14-53-39)57-41(22-34)60-17-13-49(50,51)26-60/h6-10,14,18,21-22,27-28,32,35-38,43,46,62,65H,11-13,15-17,19-20,23,25-26H2,1-5H3,(H,55,64)(H,58,63)(H,53,56,57)/t28-,35?,36?,37+,38?,43-,46?/m0/s1. The van der Waals surface area contributed by atoms with Gasteiger partial charge in [-0.15, -0.1) is 11.3 Å².